The first-order valence-electron chi connectivity index (χ1n) is 10.6. The quantitative estimate of drug-likeness (QED) is 0.426. The van der Waals surface area contributed by atoms with E-state index in [9.17, 15) is 14.4 Å². The van der Waals surface area contributed by atoms with E-state index in [1.54, 1.807) is 35.2 Å². The highest BCUT2D eigenvalue weighted by atomic mass is 35.5. The van der Waals surface area contributed by atoms with Gasteiger partial charge < -0.3 is 9.80 Å². The zero-order valence-corrected chi connectivity index (χ0v) is 19.2. The van der Waals surface area contributed by atoms with Crippen molar-refractivity contribution >= 4 is 40.7 Å². The molecule has 2 aliphatic rings. The maximum atomic E-state index is 13.5. The van der Waals surface area contributed by atoms with E-state index < -0.39 is 23.9 Å². The number of aryl methyl sites for hydroxylation is 1. The molecule has 3 aromatic rings. The molecule has 5 rings (SSSR count). The van der Waals surface area contributed by atoms with E-state index in [0.717, 1.165) is 21.7 Å². The lowest BCUT2D eigenvalue weighted by atomic mass is 9.86. The summed E-state index contributed by atoms with van der Waals surface area (Å²) < 4.78 is 0. The summed E-state index contributed by atoms with van der Waals surface area (Å²) in [7, 11) is 3.90. The molecule has 0 bridgehead atoms. The summed E-state index contributed by atoms with van der Waals surface area (Å²) in [6, 6.07) is 18.4. The normalized spacial score (nSPS) is 19.6. The minimum Gasteiger partial charge on any atom is -0.378 e. The highest BCUT2D eigenvalue weighted by Crippen LogP contribution is 2.45. The predicted octanol–water partition coefficient (Wildman–Crippen LogP) is 4.47. The Morgan fingerprint density at radius 2 is 1.39 bits per heavy atom. The summed E-state index contributed by atoms with van der Waals surface area (Å²) in [4.78, 5) is 44.5. The van der Waals surface area contributed by atoms with E-state index in [4.69, 9.17) is 11.6 Å². The number of fused-ring (bicyclic) bond motifs is 1. The van der Waals surface area contributed by atoms with Gasteiger partial charge in [-0.15, -0.1) is 0 Å². The van der Waals surface area contributed by atoms with Gasteiger partial charge in [-0.1, -0.05) is 41.9 Å². The molecule has 3 amide bonds. The van der Waals surface area contributed by atoms with Crippen LogP contribution in [0.25, 0.3) is 0 Å². The third-order valence-corrected chi connectivity index (χ3v) is 6.76. The maximum Gasteiger partial charge on any atom is 0.262 e. The Labute approximate surface area is 197 Å². The number of benzene rings is 3. The molecule has 2 aliphatic heterocycles. The Bertz CT molecular complexity index is 1270. The van der Waals surface area contributed by atoms with Crippen molar-refractivity contribution in [1.29, 1.82) is 0 Å². The summed E-state index contributed by atoms with van der Waals surface area (Å²) in [5.41, 5.74) is 4.02. The van der Waals surface area contributed by atoms with Crippen LogP contribution >= 0.6 is 11.6 Å². The van der Waals surface area contributed by atoms with Crippen molar-refractivity contribution in [3.63, 3.8) is 0 Å². The number of carbonyl (C=O) groups excluding carboxylic acids is 3. The Kier molecular flexibility index (Phi) is 4.98. The monoisotopic (exact) mass is 459 g/mol. The standard InChI is InChI=1S/C26H22ClN3O3/c1-15-8-11-18(14-21(15)27)29-22(16-9-12-17(13-10-16)28(2)3)23(26(29)33)30-24(31)19-6-4-5-7-20(19)25(30)32/h4-14,22-23H,1-3H3/t22-,23+/m1/s1. The van der Waals surface area contributed by atoms with Gasteiger partial charge in [-0.3, -0.25) is 19.3 Å². The molecule has 33 heavy (non-hydrogen) atoms. The molecule has 2 heterocycles. The van der Waals surface area contributed by atoms with E-state index in [-0.39, 0.29) is 5.91 Å². The molecule has 0 radical (unpaired) electrons. The second-order valence-corrected chi connectivity index (χ2v) is 8.95. The first kappa shape index (κ1) is 21.2. The lowest BCUT2D eigenvalue weighted by Crippen LogP contribution is -2.67. The largest absolute Gasteiger partial charge is 0.378 e. The Balaban J connectivity index is 1.59. The van der Waals surface area contributed by atoms with Crippen LogP contribution in [0.5, 0.6) is 0 Å². The number of hydrogen-bond donors (Lipinski definition) is 0. The molecule has 0 unspecified atom stereocenters. The molecule has 1 saturated heterocycles. The van der Waals surface area contributed by atoms with Crippen molar-refractivity contribution in [2.24, 2.45) is 0 Å². The minimum atomic E-state index is -0.928. The van der Waals surface area contributed by atoms with E-state index in [0.29, 0.717) is 21.8 Å². The second-order valence-electron chi connectivity index (χ2n) is 8.54. The van der Waals surface area contributed by atoms with Gasteiger partial charge in [0.1, 0.15) is 6.04 Å². The highest BCUT2D eigenvalue weighted by Gasteiger charge is 2.57. The van der Waals surface area contributed by atoms with E-state index in [2.05, 4.69) is 0 Å². The van der Waals surface area contributed by atoms with Crippen molar-refractivity contribution in [3.05, 3.63) is 94.0 Å². The van der Waals surface area contributed by atoms with Crippen LogP contribution in [0.3, 0.4) is 0 Å². The molecule has 1 fully saturated rings. The first-order valence-corrected chi connectivity index (χ1v) is 11.0. The summed E-state index contributed by atoms with van der Waals surface area (Å²) in [5, 5.41) is 0.547. The van der Waals surface area contributed by atoms with Crippen molar-refractivity contribution in [2.45, 2.75) is 19.0 Å². The Morgan fingerprint density at radius 3 is 1.94 bits per heavy atom. The molecular formula is C26H22ClN3O3. The fourth-order valence-corrected chi connectivity index (χ4v) is 4.68. The number of halogens is 1. The van der Waals surface area contributed by atoms with Crippen molar-refractivity contribution < 1.29 is 14.4 Å². The number of hydrogen-bond acceptors (Lipinski definition) is 4. The summed E-state index contributed by atoms with van der Waals surface area (Å²) in [5.74, 6) is -1.19. The third-order valence-electron chi connectivity index (χ3n) is 6.36. The fraction of sp³-hybridized carbons (Fsp3) is 0.192. The lowest BCUT2D eigenvalue weighted by molar-refractivity contribution is -0.130. The molecule has 0 aliphatic carbocycles. The zero-order chi connectivity index (χ0) is 23.4. The summed E-state index contributed by atoms with van der Waals surface area (Å²) in [6.45, 7) is 1.89. The topological polar surface area (TPSA) is 60.9 Å². The van der Waals surface area contributed by atoms with Crippen LogP contribution in [-0.4, -0.2) is 42.8 Å². The van der Waals surface area contributed by atoms with E-state index in [1.807, 2.05) is 62.3 Å². The van der Waals surface area contributed by atoms with Gasteiger partial charge in [0.2, 0.25) is 0 Å². The van der Waals surface area contributed by atoms with Crippen LogP contribution in [0.2, 0.25) is 5.02 Å². The zero-order valence-electron chi connectivity index (χ0n) is 18.4. The van der Waals surface area contributed by atoms with Gasteiger partial charge in [0.25, 0.3) is 17.7 Å². The number of nitrogens with zero attached hydrogens (tertiary/aromatic N) is 3. The molecule has 0 saturated carbocycles. The van der Waals surface area contributed by atoms with Gasteiger partial charge in [-0.25, -0.2) is 0 Å². The summed E-state index contributed by atoms with van der Waals surface area (Å²) in [6.07, 6.45) is 0. The van der Waals surface area contributed by atoms with Crippen molar-refractivity contribution in [2.75, 3.05) is 23.9 Å². The number of amides is 3. The van der Waals surface area contributed by atoms with Gasteiger partial charge in [0, 0.05) is 30.5 Å². The number of imide groups is 1. The average Bonchev–Trinajstić information content (AvgIpc) is 3.05. The molecule has 0 spiro atoms. The number of β-lactam (4-membered cyclic amide) rings is 1. The van der Waals surface area contributed by atoms with Gasteiger partial charge in [0.05, 0.1) is 17.2 Å². The van der Waals surface area contributed by atoms with Gasteiger partial charge >= 0.3 is 0 Å². The lowest BCUT2D eigenvalue weighted by Gasteiger charge is -2.50. The van der Waals surface area contributed by atoms with Crippen LogP contribution in [0, 0.1) is 6.92 Å². The minimum absolute atomic E-state index is 0.314. The predicted molar refractivity (Wildman–Crippen MR) is 128 cm³/mol. The van der Waals surface area contributed by atoms with Crippen LogP contribution in [0.4, 0.5) is 11.4 Å². The van der Waals surface area contributed by atoms with E-state index >= 15 is 0 Å². The summed E-state index contributed by atoms with van der Waals surface area (Å²) >= 11 is 6.34. The third kappa shape index (κ3) is 3.21. The maximum absolute atomic E-state index is 13.5. The van der Waals surface area contributed by atoms with Crippen LogP contribution in [0.15, 0.2) is 66.7 Å². The molecular weight excluding hydrogens is 438 g/mol. The van der Waals surface area contributed by atoms with Gasteiger partial charge in [0.15, 0.2) is 0 Å². The number of carbonyl (C=O) groups is 3. The molecule has 0 N–H and O–H groups in total. The molecule has 166 valence electrons. The van der Waals surface area contributed by atoms with Crippen molar-refractivity contribution in [3.8, 4) is 0 Å². The molecule has 6 nitrogen and oxygen atoms in total. The number of anilines is 2. The highest BCUT2D eigenvalue weighted by molar-refractivity contribution is 6.32. The van der Waals surface area contributed by atoms with Crippen molar-refractivity contribution in [1.82, 2.24) is 4.90 Å². The van der Waals surface area contributed by atoms with Crippen LogP contribution in [0.1, 0.15) is 37.9 Å². The number of rotatable bonds is 4. The smallest absolute Gasteiger partial charge is 0.262 e. The molecule has 2 atom stereocenters. The van der Waals surface area contributed by atoms with Gasteiger partial charge in [-0.2, -0.15) is 0 Å². The fourth-order valence-electron chi connectivity index (χ4n) is 4.51. The van der Waals surface area contributed by atoms with Crippen LogP contribution in [-0.2, 0) is 4.79 Å². The van der Waals surface area contributed by atoms with E-state index in [1.165, 1.54) is 0 Å². The molecule has 3 aromatic carbocycles. The molecule has 7 heteroatoms. The SMILES string of the molecule is Cc1ccc(N2C(=O)[C@@H](N3C(=O)c4ccccc4C3=O)[C@H]2c2ccc(N(C)C)cc2)cc1Cl. The Morgan fingerprint density at radius 1 is 0.788 bits per heavy atom. The Hall–Kier alpha value is -3.64. The van der Waals surface area contributed by atoms with Gasteiger partial charge in [-0.05, 0) is 54.4 Å². The average molecular weight is 460 g/mol. The van der Waals surface area contributed by atoms with Crippen LogP contribution < -0.4 is 9.80 Å². The second kappa shape index (κ2) is 7.74. The first-order chi connectivity index (χ1) is 15.8. The molecule has 0 aromatic heterocycles.